The van der Waals surface area contributed by atoms with E-state index in [9.17, 15) is 4.79 Å². The number of nitrogens with zero attached hydrogens (tertiary/aromatic N) is 7. The van der Waals surface area contributed by atoms with Gasteiger partial charge in [-0.2, -0.15) is 0 Å². The number of rotatable bonds is 6. The first kappa shape index (κ1) is 22.9. The molecule has 8 heteroatoms. The zero-order valence-electron chi connectivity index (χ0n) is 20.3. The van der Waals surface area contributed by atoms with E-state index in [2.05, 4.69) is 42.8 Å². The van der Waals surface area contributed by atoms with Gasteiger partial charge in [-0.15, -0.1) is 0 Å². The molecule has 0 saturated carbocycles. The smallest absolute Gasteiger partial charge is 0.169 e. The van der Waals surface area contributed by atoms with Crippen molar-refractivity contribution in [1.82, 2.24) is 24.8 Å². The van der Waals surface area contributed by atoms with Gasteiger partial charge in [0.1, 0.15) is 11.6 Å². The molecule has 0 spiro atoms. The highest BCUT2D eigenvalue weighted by atomic mass is 16.1. The van der Waals surface area contributed by atoms with E-state index in [-0.39, 0.29) is 12.2 Å². The summed E-state index contributed by atoms with van der Waals surface area (Å²) in [5, 5.41) is 0.949. The van der Waals surface area contributed by atoms with Gasteiger partial charge in [0.2, 0.25) is 0 Å². The van der Waals surface area contributed by atoms with Crippen LogP contribution in [0.3, 0.4) is 0 Å². The van der Waals surface area contributed by atoms with Crippen LogP contribution in [0.1, 0.15) is 16.1 Å². The van der Waals surface area contributed by atoms with Gasteiger partial charge in [0.25, 0.3) is 0 Å². The van der Waals surface area contributed by atoms with Gasteiger partial charge < -0.3 is 14.7 Å². The summed E-state index contributed by atoms with van der Waals surface area (Å²) in [6.07, 6.45) is 7.37. The van der Waals surface area contributed by atoms with E-state index in [0.717, 1.165) is 65.5 Å². The van der Waals surface area contributed by atoms with Crippen molar-refractivity contribution >= 4 is 28.3 Å². The van der Waals surface area contributed by atoms with Crippen molar-refractivity contribution in [3.05, 3.63) is 72.4 Å². The number of carbonyl (C=O) groups excluding carboxylic acids is 1. The molecule has 0 N–H and O–H groups in total. The van der Waals surface area contributed by atoms with Gasteiger partial charge in [0, 0.05) is 86.6 Å². The molecule has 8 nitrogen and oxygen atoms in total. The molecule has 178 valence electrons. The number of Topliss-reactive ketones (excluding diaryl/α,β-unsaturated/α-hetero) is 1. The van der Waals surface area contributed by atoms with Gasteiger partial charge in [-0.05, 0) is 43.4 Å². The molecule has 0 unspecified atom stereocenters. The molecule has 1 saturated heterocycles. The fourth-order valence-corrected chi connectivity index (χ4v) is 4.22. The van der Waals surface area contributed by atoms with Gasteiger partial charge in [0.05, 0.1) is 18.1 Å². The average Bonchev–Trinajstić information content (AvgIpc) is 2.89. The van der Waals surface area contributed by atoms with E-state index < -0.39 is 0 Å². The van der Waals surface area contributed by atoms with E-state index in [1.807, 2.05) is 55.7 Å². The third-order valence-electron chi connectivity index (χ3n) is 6.40. The van der Waals surface area contributed by atoms with E-state index >= 15 is 0 Å². The second-order valence-corrected chi connectivity index (χ2v) is 9.18. The number of hydrogen-bond donors (Lipinski definition) is 0. The Morgan fingerprint density at radius 3 is 2.43 bits per heavy atom. The molecule has 1 aliphatic rings. The second-order valence-electron chi connectivity index (χ2n) is 9.18. The zero-order chi connectivity index (χ0) is 24.4. The minimum absolute atomic E-state index is 0.0298. The van der Waals surface area contributed by atoms with Gasteiger partial charge in [-0.1, -0.05) is 0 Å². The normalized spacial score (nSPS) is 14.3. The molecule has 0 atom stereocenters. The van der Waals surface area contributed by atoms with Crippen LogP contribution in [0.15, 0.2) is 61.2 Å². The number of piperazine rings is 1. The molecule has 0 radical (unpaired) electrons. The molecule has 35 heavy (non-hydrogen) atoms. The molecule has 4 aromatic rings. The molecule has 0 aromatic carbocycles. The summed E-state index contributed by atoms with van der Waals surface area (Å²) < 4.78 is 0. The quantitative estimate of drug-likeness (QED) is 0.400. The summed E-state index contributed by atoms with van der Waals surface area (Å²) in [7, 11) is 6.06. The number of fused-ring (bicyclic) bond motifs is 1. The molecule has 1 fully saturated rings. The summed E-state index contributed by atoms with van der Waals surface area (Å²) in [5.41, 5.74) is 4.15. The Morgan fingerprint density at radius 1 is 0.886 bits per heavy atom. The highest BCUT2D eigenvalue weighted by Crippen LogP contribution is 2.24. The molecule has 0 aliphatic carbocycles. The number of carbonyl (C=O) groups is 1. The zero-order valence-corrected chi connectivity index (χ0v) is 20.3. The van der Waals surface area contributed by atoms with Crippen molar-refractivity contribution < 1.29 is 4.79 Å². The fraction of sp³-hybridized carbons (Fsp3) is 0.296. The van der Waals surface area contributed by atoms with E-state index in [1.54, 1.807) is 18.5 Å². The maximum Gasteiger partial charge on any atom is 0.169 e. The number of anilines is 2. The Balaban J connectivity index is 1.34. The van der Waals surface area contributed by atoms with Crippen LogP contribution >= 0.6 is 0 Å². The first-order chi connectivity index (χ1) is 17.0. The van der Waals surface area contributed by atoms with Crippen molar-refractivity contribution in [3.63, 3.8) is 0 Å². The lowest BCUT2D eigenvalue weighted by molar-refractivity contribution is 0.0992. The lowest BCUT2D eigenvalue weighted by Crippen LogP contribution is -2.44. The van der Waals surface area contributed by atoms with E-state index in [4.69, 9.17) is 0 Å². The van der Waals surface area contributed by atoms with Gasteiger partial charge in [-0.25, -0.2) is 9.97 Å². The van der Waals surface area contributed by atoms with Crippen LogP contribution in [0.2, 0.25) is 0 Å². The lowest BCUT2D eigenvalue weighted by atomic mass is 10.0. The minimum Gasteiger partial charge on any atom is -0.363 e. The van der Waals surface area contributed by atoms with Crippen LogP contribution in [0, 0.1) is 0 Å². The monoisotopic (exact) mass is 467 g/mol. The predicted octanol–water partition coefficient (Wildman–Crippen LogP) is 3.33. The molecule has 0 bridgehead atoms. The Labute approximate surface area is 205 Å². The molecule has 4 aromatic heterocycles. The number of likely N-dealkylation sites (N-methyl/N-ethyl adjacent to an activating group) is 1. The molecular formula is C27H29N7O. The van der Waals surface area contributed by atoms with Crippen molar-refractivity contribution in [2.75, 3.05) is 57.1 Å². The summed E-state index contributed by atoms with van der Waals surface area (Å²) in [6.45, 7) is 3.81. The van der Waals surface area contributed by atoms with Gasteiger partial charge >= 0.3 is 0 Å². The lowest BCUT2D eigenvalue weighted by Gasteiger charge is -2.33. The average molecular weight is 468 g/mol. The summed E-state index contributed by atoms with van der Waals surface area (Å²) in [4.78, 5) is 37.6. The topological polar surface area (TPSA) is 78.4 Å². The van der Waals surface area contributed by atoms with Crippen LogP contribution in [0.4, 0.5) is 11.6 Å². The first-order valence-corrected chi connectivity index (χ1v) is 11.8. The standard InChI is InChI=1S/C27H29N7O/c1-32(2)26-5-4-20(16-31-26)22-12-21-13-23(29-18-24(21)30-17-22)15-25(35)19-6-7-28-27(14-19)34-10-8-33(3)9-11-34/h4-7,12-14,16-18H,8-11,15H2,1-3H3. The Morgan fingerprint density at radius 2 is 1.69 bits per heavy atom. The van der Waals surface area contributed by atoms with E-state index in [0.29, 0.717) is 5.56 Å². The number of pyridine rings is 4. The molecule has 5 heterocycles. The van der Waals surface area contributed by atoms with Crippen molar-refractivity contribution in [3.8, 4) is 11.1 Å². The third-order valence-corrected chi connectivity index (χ3v) is 6.40. The summed E-state index contributed by atoms with van der Waals surface area (Å²) in [6, 6.07) is 11.7. The molecule has 1 aliphatic heterocycles. The maximum absolute atomic E-state index is 13.1. The third kappa shape index (κ3) is 5.12. The van der Waals surface area contributed by atoms with Gasteiger partial charge in [0.15, 0.2) is 5.78 Å². The minimum atomic E-state index is 0.0298. The largest absolute Gasteiger partial charge is 0.363 e. The first-order valence-electron chi connectivity index (χ1n) is 11.8. The molecule has 5 rings (SSSR count). The maximum atomic E-state index is 13.1. The van der Waals surface area contributed by atoms with Crippen molar-refractivity contribution in [2.24, 2.45) is 0 Å². The van der Waals surface area contributed by atoms with Crippen LogP contribution in [-0.2, 0) is 6.42 Å². The molecular weight excluding hydrogens is 438 g/mol. The number of hydrogen-bond acceptors (Lipinski definition) is 8. The Bertz CT molecular complexity index is 1350. The van der Waals surface area contributed by atoms with Gasteiger partial charge in [-0.3, -0.25) is 14.8 Å². The van der Waals surface area contributed by atoms with Crippen LogP contribution in [-0.4, -0.2) is 77.9 Å². The van der Waals surface area contributed by atoms with Crippen LogP contribution < -0.4 is 9.80 Å². The second kappa shape index (κ2) is 9.76. The molecule has 0 amide bonds. The Hall–Kier alpha value is -3.91. The van der Waals surface area contributed by atoms with Crippen LogP contribution in [0.5, 0.6) is 0 Å². The Kier molecular flexibility index (Phi) is 6.37. The highest BCUT2D eigenvalue weighted by molar-refractivity contribution is 5.98. The summed E-state index contributed by atoms with van der Waals surface area (Å²) >= 11 is 0. The van der Waals surface area contributed by atoms with Crippen LogP contribution in [0.25, 0.3) is 22.0 Å². The number of ketones is 1. The fourth-order valence-electron chi connectivity index (χ4n) is 4.22. The van der Waals surface area contributed by atoms with Crippen molar-refractivity contribution in [1.29, 1.82) is 0 Å². The predicted molar refractivity (Wildman–Crippen MR) is 139 cm³/mol. The highest BCUT2D eigenvalue weighted by Gasteiger charge is 2.17. The number of aromatic nitrogens is 4. The SMILES string of the molecule is CN1CCN(c2cc(C(=O)Cc3cc4cc(-c5ccc(N(C)C)nc5)cnc4cn3)ccn2)CC1. The van der Waals surface area contributed by atoms with Crippen molar-refractivity contribution in [2.45, 2.75) is 6.42 Å². The van der Waals surface area contributed by atoms with E-state index in [1.165, 1.54) is 0 Å². The summed E-state index contributed by atoms with van der Waals surface area (Å²) in [5.74, 6) is 1.79.